The molecule has 2 amide bonds. The Kier molecular flexibility index (Phi) is 7.30. The minimum absolute atomic E-state index is 0.00469. The summed E-state index contributed by atoms with van der Waals surface area (Å²) in [6.45, 7) is 2.07. The van der Waals surface area contributed by atoms with Gasteiger partial charge in [0.25, 0.3) is 11.8 Å². The fourth-order valence-electron chi connectivity index (χ4n) is 2.82. The number of carbonyl (C=O) groups is 5. The third-order valence-corrected chi connectivity index (χ3v) is 7.02. The van der Waals surface area contributed by atoms with Crippen LogP contribution in [-0.2, 0) is 33.5 Å². The second-order valence-electron chi connectivity index (χ2n) is 7.79. The second-order valence-corrected chi connectivity index (χ2v) is 9.82. The van der Waals surface area contributed by atoms with Crippen molar-refractivity contribution in [2.45, 2.75) is 37.3 Å². The van der Waals surface area contributed by atoms with E-state index in [2.05, 4.69) is 15.5 Å². The molecule has 0 spiro atoms. The number of hydrogen-bond donors (Lipinski definition) is 4. The lowest BCUT2D eigenvalue weighted by molar-refractivity contribution is -0.165. The summed E-state index contributed by atoms with van der Waals surface area (Å²) in [6, 6.07) is -1.09. The number of nitrogens with zero attached hydrogens (tertiary/aromatic N) is 3. The number of nitrogen functional groups attached to an aromatic ring is 1. The Morgan fingerprint density at radius 1 is 1.35 bits per heavy atom. The molecule has 0 saturated carbocycles. The Labute approximate surface area is 200 Å². The second kappa shape index (κ2) is 9.84. The zero-order valence-electron chi connectivity index (χ0n) is 17.9. The molecule has 34 heavy (non-hydrogen) atoms. The monoisotopic (exact) mass is 515 g/mol. The maximum absolute atomic E-state index is 13.0. The molecule has 2 aliphatic rings. The van der Waals surface area contributed by atoms with Crippen LogP contribution in [0.4, 0.5) is 5.13 Å². The Morgan fingerprint density at radius 3 is 2.65 bits per heavy atom. The number of nitrogens with two attached hydrogens (primary N) is 1. The summed E-state index contributed by atoms with van der Waals surface area (Å²) in [7, 11) is 0. The van der Waals surface area contributed by atoms with Crippen molar-refractivity contribution in [3.05, 3.63) is 11.1 Å². The number of carboxylic acid groups (broad SMARTS) is 2. The van der Waals surface area contributed by atoms with Gasteiger partial charge in [-0.25, -0.2) is 9.78 Å². The number of hydrogen-bond acceptors (Lipinski definition) is 12. The number of oxime groups is 1. The van der Waals surface area contributed by atoms with Crippen molar-refractivity contribution in [1.29, 1.82) is 0 Å². The quantitative estimate of drug-likeness (QED) is 0.154. The molecule has 1 aromatic heterocycles. The number of rotatable bonds is 7. The van der Waals surface area contributed by atoms with Gasteiger partial charge in [-0.1, -0.05) is 5.16 Å². The van der Waals surface area contributed by atoms with E-state index in [1.807, 2.05) is 0 Å². The maximum Gasteiger partial charge on any atom is 0.350 e. The standard InChI is InChI=1S/C18H21N5O9S2/c1-18(2,16(29)30)32-22-10(8-5-34-17(19)20-8)12(25)21-11-13(26)23-6-31-9(24)3-7(15(27)28)4-33-14(11)23/h5,7,11,14H,3-4,6H2,1-2H3,(H2,19,20)(H,21,25)(H,27,28)(H,29,30)/b22-10-/t7-,11+,14+/m0/s1. The summed E-state index contributed by atoms with van der Waals surface area (Å²) >= 11 is 2.09. The van der Waals surface area contributed by atoms with E-state index in [1.54, 1.807) is 0 Å². The molecule has 3 rings (SSSR count). The van der Waals surface area contributed by atoms with E-state index in [1.165, 1.54) is 24.1 Å². The summed E-state index contributed by atoms with van der Waals surface area (Å²) < 4.78 is 4.97. The average Bonchev–Trinajstić information content (AvgIpc) is 3.20. The molecule has 0 unspecified atom stereocenters. The van der Waals surface area contributed by atoms with Crippen LogP contribution in [0, 0.1) is 5.92 Å². The smallest absolute Gasteiger partial charge is 0.350 e. The molecule has 5 N–H and O–H groups in total. The van der Waals surface area contributed by atoms with Gasteiger partial charge in [0, 0.05) is 11.1 Å². The highest BCUT2D eigenvalue weighted by Gasteiger charge is 2.50. The van der Waals surface area contributed by atoms with Gasteiger partial charge < -0.3 is 30.8 Å². The maximum atomic E-state index is 13.0. The van der Waals surface area contributed by atoms with Gasteiger partial charge in [0.05, 0.1) is 12.3 Å². The van der Waals surface area contributed by atoms with Crippen LogP contribution in [0.3, 0.4) is 0 Å². The number of thioether (sulfide) groups is 1. The van der Waals surface area contributed by atoms with E-state index in [0.717, 1.165) is 23.1 Å². The topological polar surface area (TPSA) is 211 Å². The van der Waals surface area contributed by atoms with Crippen LogP contribution in [0.5, 0.6) is 0 Å². The molecular weight excluding hydrogens is 494 g/mol. The Balaban J connectivity index is 1.80. The minimum Gasteiger partial charge on any atom is -0.481 e. The molecular formula is C18H21N5O9S2. The summed E-state index contributed by atoms with van der Waals surface area (Å²) in [4.78, 5) is 70.3. The van der Waals surface area contributed by atoms with Crippen LogP contribution in [0.1, 0.15) is 26.0 Å². The first kappa shape index (κ1) is 25.2. The Hall–Kier alpha value is -3.40. The minimum atomic E-state index is -1.76. The van der Waals surface area contributed by atoms with Crippen molar-refractivity contribution in [2.24, 2.45) is 11.1 Å². The molecule has 2 aliphatic heterocycles. The summed E-state index contributed by atoms with van der Waals surface area (Å²) in [5.41, 5.74) is 3.46. The predicted octanol–water partition coefficient (Wildman–Crippen LogP) is -0.699. The van der Waals surface area contributed by atoms with Crippen molar-refractivity contribution < 1.29 is 43.8 Å². The molecule has 14 nitrogen and oxygen atoms in total. The lowest BCUT2D eigenvalue weighted by Gasteiger charge is -2.45. The van der Waals surface area contributed by atoms with Gasteiger partial charge in [-0.2, -0.15) is 0 Å². The highest BCUT2D eigenvalue weighted by Crippen LogP contribution is 2.33. The molecule has 3 heterocycles. The van der Waals surface area contributed by atoms with Gasteiger partial charge in [0.15, 0.2) is 17.6 Å². The van der Waals surface area contributed by atoms with Gasteiger partial charge in [-0.15, -0.1) is 23.1 Å². The van der Waals surface area contributed by atoms with Gasteiger partial charge in [-0.05, 0) is 13.8 Å². The molecule has 1 aromatic rings. The number of carbonyl (C=O) groups excluding carboxylic acids is 3. The molecule has 184 valence electrons. The highest BCUT2D eigenvalue weighted by molar-refractivity contribution is 8.00. The van der Waals surface area contributed by atoms with Crippen LogP contribution in [0.25, 0.3) is 0 Å². The zero-order valence-corrected chi connectivity index (χ0v) is 19.6. The summed E-state index contributed by atoms with van der Waals surface area (Å²) in [5.74, 6) is -5.73. The molecule has 2 saturated heterocycles. The Morgan fingerprint density at radius 2 is 2.06 bits per heavy atom. The first-order chi connectivity index (χ1) is 15.9. The number of aliphatic carboxylic acids is 2. The van der Waals surface area contributed by atoms with E-state index in [-0.39, 0.29) is 29.7 Å². The Bertz CT molecular complexity index is 1060. The number of fused-ring (bicyclic) bond motifs is 1. The third kappa shape index (κ3) is 5.39. The molecule has 0 aliphatic carbocycles. The predicted molar refractivity (Wildman–Crippen MR) is 118 cm³/mol. The number of thiazole rings is 1. The number of nitrogens with one attached hydrogen (secondary N) is 1. The van der Waals surface area contributed by atoms with E-state index in [0.29, 0.717) is 0 Å². The van der Waals surface area contributed by atoms with Crippen molar-refractivity contribution in [3.8, 4) is 0 Å². The molecule has 3 atom stereocenters. The van der Waals surface area contributed by atoms with Crippen LogP contribution in [0.2, 0.25) is 0 Å². The SMILES string of the molecule is CC(C)(O/N=C(\C(=O)N[C@@H]1C(=O)N2COC(=O)C[C@H](C(=O)O)CS[C@H]12)c1csc(N)n1)C(=O)O. The summed E-state index contributed by atoms with van der Waals surface area (Å²) in [5, 5.41) is 25.5. The van der Waals surface area contributed by atoms with Crippen molar-refractivity contribution in [1.82, 2.24) is 15.2 Å². The van der Waals surface area contributed by atoms with Crippen LogP contribution in [0.15, 0.2) is 10.5 Å². The van der Waals surface area contributed by atoms with Crippen LogP contribution < -0.4 is 11.1 Å². The van der Waals surface area contributed by atoms with E-state index >= 15 is 0 Å². The number of aromatic nitrogens is 1. The lowest BCUT2D eigenvalue weighted by Crippen LogP contribution is -2.70. The number of carboxylic acids is 2. The number of ether oxygens (including phenoxy) is 1. The molecule has 0 bridgehead atoms. The number of anilines is 1. The van der Waals surface area contributed by atoms with E-state index in [4.69, 9.17) is 15.3 Å². The summed E-state index contributed by atoms with van der Waals surface area (Å²) in [6.07, 6.45) is -0.340. The average molecular weight is 516 g/mol. The number of esters is 1. The molecule has 0 radical (unpaired) electrons. The van der Waals surface area contributed by atoms with Crippen molar-refractivity contribution >= 4 is 63.7 Å². The molecule has 0 aromatic carbocycles. The van der Waals surface area contributed by atoms with Gasteiger partial charge >= 0.3 is 17.9 Å². The van der Waals surface area contributed by atoms with Gasteiger partial charge in [0.2, 0.25) is 5.60 Å². The van der Waals surface area contributed by atoms with Gasteiger partial charge in [0.1, 0.15) is 17.1 Å². The normalized spacial score (nSPS) is 23.4. The number of β-lactam (4-membered cyclic amide) rings is 1. The fraction of sp³-hybridized carbons (Fsp3) is 0.500. The van der Waals surface area contributed by atoms with Crippen molar-refractivity contribution in [3.63, 3.8) is 0 Å². The van der Waals surface area contributed by atoms with Crippen LogP contribution in [-0.4, -0.2) is 85.0 Å². The first-order valence-electron chi connectivity index (χ1n) is 9.73. The van der Waals surface area contributed by atoms with Crippen LogP contribution >= 0.6 is 23.1 Å². The number of cyclic esters (lactones) is 1. The van der Waals surface area contributed by atoms with E-state index < -0.39 is 58.4 Å². The van der Waals surface area contributed by atoms with Gasteiger partial charge in [-0.3, -0.25) is 24.1 Å². The third-order valence-electron chi connectivity index (χ3n) is 4.88. The molecule has 2 fully saturated rings. The molecule has 16 heteroatoms. The number of amides is 2. The lowest BCUT2D eigenvalue weighted by atomic mass is 10.1. The first-order valence-corrected chi connectivity index (χ1v) is 11.7. The highest BCUT2D eigenvalue weighted by atomic mass is 32.2. The fourth-order valence-corrected chi connectivity index (χ4v) is 4.78. The zero-order chi connectivity index (χ0) is 25.2. The van der Waals surface area contributed by atoms with E-state index in [9.17, 15) is 34.2 Å². The van der Waals surface area contributed by atoms with Crippen molar-refractivity contribution in [2.75, 3.05) is 18.2 Å². The largest absolute Gasteiger partial charge is 0.481 e.